The summed E-state index contributed by atoms with van der Waals surface area (Å²) >= 11 is 0. The van der Waals surface area contributed by atoms with Crippen LogP contribution < -0.4 is 0 Å². The third kappa shape index (κ3) is 3.59. The fourth-order valence-corrected chi connectivity index (χ4v) is 2.35. The molecular weight excluding hydrogens is 276 g/mol. The highest BCUT2D eigenvalue weighted by Crippen LogP contribution is 2.23. The summed E-state index contributed by atoms with van der Waals surface area (Å²) in [6.45, 7) is 1.57. The highest BCUT2D eigenvalue weighted by Gasteiger charge is 2.43. The minimum Gasteiger partial charge on any atom is -0.459 e. The van der Waals surface area contributed by atoms with E-state index in [1.165, 1.54) is 7.11 Å². The summed E-state index contributed by atoms with van der Waals surface area (Å²) in [6, 6.07) is 8.57. The molecule has 0 amide bonds. The Hall–Kier alpha value is -1.47. The maximum absolute atomic E-state index is 11.9. The van der Waals surface area contributed by atoms with Crippen LogP contribution in [0.4, 0.5) is 0 Å². The molecule has 0 radical (unpaired) electrons. The van der Waals surface area contributed by atoms with Gasteiger partial charge in [-0.2, -0.15) is 0 Å². The molecule has 1 aromatic carbocycles. The van der Waals surface area contributed by atoms with Gasteiger partial charge in [-0.15, -0.1) is 0 Å². The van der Waals surface area contributed by atoms with Crippen molar-refractivity contribution < 1.29 is 29.2 Å². The van der Waals surface area contributed by atoms with Gasteiger partial charge in [-0.1, -0.05) is 18.2 Å². The minimum absolute atomic E-state index is 0.105. The fourth-order valence-electron chi connectivity index (χ4n) is 2.35. The van der Waals surface area contributed by atoms with Gasteiger partial charge in [0.2, 0.25) is 0 Å². The topological polar surface area (TPSA) is 85.2 Å². The smallest absolute Gasteiger partial charge is 0.338 e. The summed E-state index contributed by atoms with van der Waals surface area (Å²) in [5.74, 6) is -0.487. The van der Waals surface area contributed by atoms with Crippen molar-refractivity contribution in [1.82, 2.24) is 0 Å². The van der Waals surface area contributed by atoms with Gasteiger partial charge in [0.25, 0.3) is 0 Å². The standard InChI is InChI=1S/C15H20O6/c1-9-12(16)14(19-2)13(17)11(21-9)8-20-15(18)10-6-4-3-5-7-10/h3-7,9,11-14,16-17H,8H2,1-2H3. The number of esters is 1. The Morgan fingerprint density at radius 3 is 2.52 bits per heavy atom. The van der Waals surface area contributed by atoms with Crippen LogP contribution in [0, 0.1) is 0 Å². The molecule has 0 aliphatic carbocycles. The molecule has 1 aliphatic heterocycles. The molecule has 0 bridgehead atoms. The number of hydrogen-bond donors (Lipinski definition) is 2. The lowest BCUT2D eigenvalue weighted by Gasteiger charge is -2.40. The number of carbonyl (C=O) groups is 1. The molecule has 1 fully saturated rings. The van der Waals surface area contributed by atoms with Crippen LogP contribution in [-0.4, -0.2) is 60.4 Å². The highest BCUT2D eigenvalue weighted by molar-refractivity contribution is 5.89. The number of aliphatic hydroxyl groups excluding tert-OH is 2. The number of rotatable bonds is 4. The van der Waals surface area contributed by atoms with Gasteiger partial charge in [0.1, 0.15) is 31.0 Å². The van der Waals surface area contributed by atoms with Crippen molar-refractivity contribution in [2.24, 2.45) is 0 Å². The Balaban J connectivity index is 1.95. The molecule has 6 heteroatoms. The summed E-state index contributed by atoms with van der Waals surface area (Å²) in [4.78, 5) is 11.9. The first kappa shape index (κ1) is 15.9. The molecule has 1 aliphatic rings. The summed E-state index contributed by atoms with van der Waals surface area (Å²) in [7, 11) is 1.40. The van der Waals surface area contributed by atoms with Gasteiger partial charge in [0, 0.05) is 7.11 Å². The van der Waals surface area contributed by atoms with Crippen molar-refractivity contribution in [3.63, 3.8) is 0 Å². The van der Waals surface area contributed by atoms with E-state index in [4.69, 9.17) is 14.2 Å². The van der Waals surface area contributed by atoms with Crippen LogP contribution in [0.1, 0.15) is 17.3 Å². The lowest BCUT2D eigenvalue weighted by molar-refractivity contribution is -0.231. The molecule has 1 aromatic rings. The number of aliphatic hydroxyl groups is 2. The molecule has 0 spiro atoms. The van der Waals surface area contributed by atoms with Gasteiger partial charge in [-0.3, -0.25) is 0 Å². The Morgan fingerprint density at radius 1 is 1.24 bits per heavy atom. The zero-order valence-corrected chi connectivity index (χ0v) is 12.0. The number of ether oxygens (including phenoxy) is 3. The van der Waals surface area contributed by atoms with E-state index in [-0.39, 0.29) is 6.61 Å². The van der Waals surface area contributed by atoms with E-state index < -0.39 is 36.5 Å². The monoisotopic (exact) mass is 296 g/mol. The second kappa shape index (κ2) is 7.00. The number of benzene rings is 1. The van der Waals surface area contributed by atoms with E-state index in [0.29, 0.717) is 5.56 Å². The predicted octanol–water partition coefficient (Wildman–Crippen LogP) is 0.367. The molecule has 5 atom stereocenters. The van der Waals surface area contributed by atoms with Gasteiger partial charge in [-0.25, -0.2) is 4.79 Å². The van der Waals surface area contributed by atoms with Crippen LogP contribution in [0.5, 0.6) is 0 Å². The summed E-state index contributed by atoms with van der Waals surface area (Å²) in [6.07, 6.45) is -4.01. The summed E-state index contributed by atoms with van der Waals surface area (Å²) in [5, 5.41) is 20.0. The van der Waals surface area contributed by atoms with Crippen molar-refractivity contribution in [3.8, 4) is 0 Å². The van der Waals surface area contributed by atoms with E-state index in [2.05, 4.69) is 0 Å². The fraction of sp³-hybridized carbons (Fsp3) is 0.533. The number of carbonyl (C=O) groups excluding carboxylic acids is 1. The van der Waals surface area contributed by atoms with Crippen LogP contribution in [0.15, 0.2) is 30.3 Å². The first-order valence-corrected chi connectivity index (χ1v) is 6.81. The SMILES string of the molecule is COC1C(O)C(C)OC(COC(=O)c2ccccc2)C1O. The lowest BCUT2D eigenvalue weighted by Crippen LogP contribution is -2.58. The van der Waals surface area contributed by atoms with Crippen LogP contribution in [0.2, 0.25) is 0 Å². The van der Waals surface area contributed by atoms with Crippen molar-refractivity contribution in [2.75, 3.05) is 13.7 Å². The van der Waals surface area contributed by atoms with E-state index in [0.717, 1.165) is 0 Å². The zero-order chi connectivity index (χ0) is 15.4. The second-order valence-corrected chi connectivity index (χ2v) is 5.03. The van der Waals surface area contributed by atoms with Gasteiger partial charge >= 0.3 is 5.97 Å². The first-order valence-electron chi connectivity index (χ1n) is 6.81. The van der Waals surface area contributed by atoms with E-state index in [9.17, 15) is 15.0 Å². The summed E-state index contributed by atoms with van der Waals surface area (Å²) in [5.41, 5.74) is 0.430. The van der Waals surface area contributed by atoms with Crippen molar-refractivity contribution in [2.45, 2.75) is 37.4 Å². The van der Waals surface area contributed by atoms with Crippen molar-refractivity contribution in [3.05, 3.63) is 35.9 Å². The van der Waals surface area contributed by atoms with E-state index >= 15 is 0 Å². The van der Waals surface area contributed by atoms with Crippen molar-refractivity contribution >= 4 is 5.97 Å². The number of hydrogen-bond acceptors (Lipinski definition) is 6. The van der Waals surface area contributed by atoms with Crippen LogP contribution >= 0.6 is 0 Å². The van der Waals surface area contributed by atoms with Crippen LogP contribution in [0.25, 0.3) is 0 Å². The normalized spacial score (nSPS) is 32.7. The molecule has 2 rings (SSSR count). The molecule has 21 heavy (non-hydrogen) atoms. The maximum Gasteiger partial charge on any atom is 0.338 e. The van der Waals surface area contributed by atoms with E-state index in [1.807, 2.05) is 0 Å². The molecule has 0 aromatic heterocycles. The third-order valence-electron chi connectivity index (χ3n) is 3.58. The molecule has 1 saturated heterocycles. The Labute approximate surface area is 123 Å². The highest BCUT2D eigenvalue weighted by atomic mass is 16.6. The van der Waals surface area contributed by atoms with Gasteiger partial charge in [0.05, 0.1) is 11.7 Å². The second-order valence-electron chi connectivity index (χ2n) is 5.03. The quantitative estimate of drug-likeness (QED) is 0.781. The largest absolute Gasteiger partial charge is 0.459 e. The van der Waals surface area contributed by atoms with Gasteiger partial charge < -0.3 is 24.4 Å². The lowest BCUT2D eigenvalue weighted by atomic mass is 9.96. The van der Waals surface area contributed by atoms with E-state index in [1.54, 1.807) is 37.3 Å². The molecule has 6 nitrogen and oxygen atoms in total. The molecule has 116 valence electrons. The minimum atomic E-state index is -1.07. The van der Waals surface area contributed by atoms with Crippen LogP contribution in [0.3, 0.4) is 0 Å². The Kier molecular flexibility index (Phi) is 5.30. The molecule has 0 saturated carbocycles. The molecular formula is C15H20O6. The molecule has 1 heterocycles. The van der Waals surface area contributed by atoms with Gasteiger partial charge in [-0.05, 0) is 19.1 Å². The first-order chi connectivity index (χ1) is 10.0. The van der Waals surface area contributed by atoms with Gasteiger partial charge in [0.15, 0.2) is 0 Å². The average molecular weight is 296 g/mol. The van der Waals surface area contributed by atoms with Crippen LogP contribution in [-0.2, 0) is 14.2 Å². The predicted molar refractivity (Wildman–Crippen MR) is 73.9 cm³/mol. The summed E-state index contributed by atoms with van der Waals surface area (Å²) < 4.78 is 15.7. The number of methoxy groups -OCH3 is 1. The van der Waals surface area contributed by atoms with Crippen molar-refractivity contribution in [1.29, 1.82) is 0 Å². The molecule has 5 unspecified atom stereocenters. The molecule has 2 N–H and O–H groups in total. The third-order valence-corrected chi connectivity index (χ3v) is 3.58. The average Bonchev–Trinajstić information content (AvgIpc) is 2.51. The Bertz CT molecular complexity index is 462. The Morgan fingerprint density at radius 2 is 1.90 bits per heavy atom. The zero-order valence-electron chi connectivity index (χ0n) is 12.0. The maximum atomic E-state index is 11.9.